The molecule has 0 amide bonds. The summed E-state index contributed by atoms with van der Waals surface area (Å²) in [6.45, 7) is 0.558. The summed E-state index contributed by atoms with van der Waals surface area (Å²) in [7, 11) is -3.60. The molecule has 1 unspecified atom stereocenters. The molecule has 0 aliphatic carbocycles. The second-order valence-electron chi connectivity index (χ2n) is 3.89. The van der Waals surface area contributed by atoms with Crippen LogP contribution >= 0.6 is 0 Å². The molecule has 0 aromatic heterocycles. The first-order valence-electron chi connectivity index (χ1n) is 5.38. The average Bonchev–Trinajstić information content (AvgIpc) is 2.29. The van der Waals surface area contributed by atoms with Gasteiger partial charge in [-0.25, -0.2) is 4.72 Å². The van der Waals surface area contributed by atoms with Gasteiger partial charge in [0.15, 0.2) is 0 Å². The van der Waals surface area contributed by atoms with E-state index in [4.69, 9.17) is 11.5 Å². The minimum atomic E-state index is -3.60. The van der Waals surface area contributed by atoms with Gasteiger partial charge in [-0.3, -0.25) is 4.79 Å². The van der Waals surface area contributed by atoms with Gasteiger partial charge in [0.2, 0.25) is 0 Å². The van der Waals surface area contributed by atoms with Gasteiger partial charge in [0.25, 0.3) is 10.2 Å². The molecule has 2 N–H and O–H groups in total. The molecule has 0 saturated carbocycles. The molecular formula is C10H16N2O4S. The molecule has 96 valence electrons. The Morgan fingerprint density at radius 2 is 2.29 bits per heavy atom. The molecule has 7 heteroatoms. The van der Waals surface area contributed by atoms with Crippen molar-refractivity contribution in [2.45, 2.75) is 19.3 Å². The zero-order valence-electron chi connectivity index (χ0n) is 9.42. The topological polar surface area (TPSA) is 86.7 Å². The number of carbonyl (C=O) groups is 1. The number of terminal acetylenes is 1. The zero-order valence-corrected chi connectivity index (χ0v) is 10.2. The SMILES string of the molecule is C#CCCNS(=O)(=O)N1CCCC(C(=O)O)C1. The first-order chi connectivity index (χ1) is 7.97. The number of aliphatic carboxylic acids is 1. The van der Waals surface area contributed by atoms with E-state index in [9.17, 15) is 13.2 Å². The molecule has 0 aromatic carbocycles. The summed E-state index contributed by atoms with van der Waals surface area (Å²) < 4.78 is 27.1. The molecule has 0 spiro atoms. The van der Waals surface area contributed by atoms with Crippen LogP contribution in [-0.2, 0) is 15.0 Å². The monoisotopic (exact) mass is 260 g/mol. The van der Waals surface area contributed by atoms with Gasteiger partial charge in [0, 0.05) is 26.1 Å². The smallest absolute Gasteiger partial charge is 0.307 e. The van der Waals surface area contributed by atoms with E-state index < -0.39 is 22.1 Å². The summed E-state index contributed by atoms with van der Waals surface area (Å²) in [5.74, 6) is 0.763. The fraction of sp³-hybridized carbons (Fsp3) is 0.700. The van der Waals surface area contributed by atoms with Crippen LogP contribution in [0.3, 0.4) is 0 Å². The molecule has 0 aromatic rings. The third-order valence-electron chi connectivity index (χ3n) is 2.63. The molecule has 1 aliphatic rings. The summed E-state index contributed by atoms with van der Waals surface area (Å²) in [5.41, 5.74) is 0. The van der Waals surface area contributed by atoms with Crippen LogP contribution in [0.4, 0.5) is 0 Å². The number of nitrogens with one attached hydrogen (secondary N) is 1. The summed E-state index contributed by atoms with van der Waals surface area (Å²) in [5, 5.41) is 8.87. The molecule has 0 radical (unpaired) electrons. The highest BCUT2D eigenvalue weighted by molar-refractivity contribution is 7.87. The van der Waals surface area contributed by atoms with Crippen molar-refractivity contribution in [2.24, 2.45) is 5.92 Å². The lowest BCUT2D eigenvalue weighted by Gasteiger charge is -2.29. The van der Waals surface area contributed by atoms with Gasteiger partial charge in [-0.05, 0) is 12.8 Å². The second-order valence-corrected chi connectivity index (χ2v) is 5.64. The lowest BCUT2D eigenvalue weighted by molar-refractivity contribution is -0.142. The molecule has 0 bridgehead atoms. The van der Waals surface area contributed by atoms with Crippen LogP contribution in [0.5, 0.6) is 0 Å². The van der Waals surface area contributed by atoms with Crippen LogP contribution in [0.15, 0.2) is 0 Å². The van der Waals surface area contributed by atoms with E-state index in [1.165, 1.54) is 4.31 Å². The van der Waals surface area contributed by atoms with E-state index in [2.05, 4.69) is 10.6 Å². The minimum Gasteiger partial charge on any atom is -0.481 e. The number of hydrogen-bond donors (Lipinski definition) is 2. The van der Waals surface area contributed by atoms with Crippen molar-refractivity contribution in [3.8, 4) is 12.3 Å². The van der Waals surface area contributed by atoms with Crippen LogP contribution < -0.4 is 4.72 Å². The molecular weight excluding hydrogens is 244 g/mol. The first kappa shape index (κ1) is 14.0. The number of piperidine rings is 1. The molecule has 6 nitrogen and oxygen atoms in total. The van der Waals surface area contributed by atoms with E-state index in [0.717, 1.165) is 0 Å². The van der Waals surface area contributed by atoms with Crippen LogP contribution in [0.1, 0.15) is 19.3 Å². The first-order valence-corrected chi connectivity index (χ1v) is 6.82. The summed E-state index contributed by atoms with van der Waals surface area (Å²) in [6, 6.07) is 0. The molecule has 17 heavy (non-hydrogen) atoms. The predicted octanol–water partition coefficient (Wildman–Crippen LogP) is -0.359. The maximum absolute atomic E-state index is 11.8. The maximum atomic E-state index is 11.8. The molecule has 1 atom stereocenters. The molecule has 1 aliphatic heterocycles. The number of nitrogens with zero attached hydrogens (tertiary/aromatic N) is 1. The second kappa shape index (κ2) is 6.00. The number of carboxylic acid groups (broad SMARTS) is 1. The summed E-state index contributed by atoms with van der Waals surface area (Å²) in [6.07, 6.45) is 6.42. The Kier molecular flexibility index (Phi) is 4.93. The Bertz CT molecular complexity index is 413. The van der Waals surface area contributed by atoms with Crippen molar-refractivity contribution in [3.63, 3.8) is 0 Å². The van der Waals surface area contributed by atoms with Crippen LogP contribution in [-0.4, -0.2) is 43.4 Å². The van der Waals surface area contributed by atoms with Gasteiger partial charge in [0.05, 0.1) is 5.92 Å². The highest BCUT2D eigenvalue weighted by Gasteiger charge is 2.31. The Labute approximate surface area is 101 Å². The van der Waals surface area contributed by atoms with E-state index in [0.29, 0.717) is 25.8 Å². The van der Waals surface area contributed by atoms with E-state index >= 15 is 0 Å². The Morgan fingerprint density at radius 1 is 1.59 bits per heavy atom. The van der Waals surface area contributed by atoms with Crippen molar-refractivity contribution < 1.29 is 18.3 Å². The number of rotatable bonds is 5. The minimum absolute atomic E-state index is 0.0285. The van der Waals surface area contributed by atoms with Gasteiger partial charge in [-0.2, -0.15) is 12.7 Å². The fourth-order valence-corrected chi connectivity index (χ4v) is 2.99. The van der Waals surface area contributed by atoms with Crippen LogP contribution in [0, 0.1) is 18.3 Å². The van der Waals surface area contributed by atoms with Crippen LogP contribution in [0.2, 0.25) is 0 Å². The van der Waals surface area contributed by atoms with Gasteiger partial charge in [-0.15, -0.1) is 12.3 Å². The van der Waals surface area contributed by atoms with Crippen molar-refractivity contribution in [3.05, 3.63) is 0 Å². The molecule has 1 saturated heterocycles. The lowest BCUT2D eigenvalue weighted by Crippen LogP contribution is -2.47. The van der Waals surface area contributed by atoms with Gasteiger partial charge >= 0.3 is 5.97 Å². The van der Waals surface area contributed by atoms with Gasteiger partial charge in [0.1, 0.15) is 0 Å². The van der Waals surface area contributed by atoms with Crippen molar-refractivity contribution in [1.29, 1.82) is 0 Å². The highest BCUT2D eigenvalue weighted by atomic mass is 32.2. The van der Waals surface area contributed by atoms with Crippen molar-refractivity contribution in [1.82, 2.24) is 9.03 Å². The standard InChI is InChI=1S/C10H16N2O4S/c1-2-3-6-11-17(15,16)12-7-4-5-9(8-12)10(13)14/h1,9,11H,3-8H2,(H,13,14). The maximum Gasteiger partial charge on any atom is 0.307 e. The fourth-order valence-electron chi connectivity index (χ4n) is 1.71. The third kappa shape index (κ3) is 4.00. The highest BCUT2D eigenvalue weighted by Crippen LogP contribution is 2.18. The van der Waals surface area contributed by atoms with E-state index in [1.807, 2.05) is 0 Å². The van der Waals surface area contributed by atoms with Gasteiger partial charge in [-0.1, -0.05) is 0 Å². The zero-order chi connectivity index (χ0) is 12.9. The largest absolute Gasteiger partial charge is 0.481 e. The van der Waals surface area contributed by atoms with Crippen molar-refractivity contribution >= 4 is 16.2 Å². The number of hydrogen-bond acceptors (Lipinski definition) is 3. The number of carboxylic acids is 1. The lowest BCUT2D eigenvalue weighted by atomic mass is 10.0. The van der Waals surface area contributed by atoms with Crippen molar-refractivity contribution in [2.75, 3.05) is 19.6 Å². The van der Waals surface area contributed by atoms with Gasteiger partial charge < -0.3 is 5.11 Å². The summed E-state index contributed by atoms with van der Waals surface area (Å²) in [4.78, 5) is 10.8. The normalized spacial score (nSPS) is 21.9. The summed E-state index contributed by atoms with van der Waals surface area (Å²) >= 11 is 0. The average molecular weight is 260 g/mol. The third-order valence-corrected chi connectivity index (χ3v) is 4.21. The molecule has 1 heterocycles. The Balaban J connectivity index is 2.59. The quantitative estimate of drug-likeness (QED) is 0.522. The van der Waals surface area contributed by atoms with Crippen LogP contribution in [0.25, 0.3) is 0 Å². The van der Waals surface area contributed by atoms with E-state index in [-0.39, 0.29) is 13.1 Å². The molecule has 1 rings (SSSR count). The molecule has 1 fully saturated rings. The Morgan fingerprint density at radius 3 is 2.88 bits per heavy atom. The Hall–Kier alpha value is -1.10. The predicted molar refractivity (Wildman–Crippen MR) is 62.3 cm³/mol. The van der Waals surface area contributed by atoms with E-state index in [1.54, 1.807) is 0 Å².